The first-order chi connectivity index (χ1) is 10.0. The van der Waals surface area contributed by atoms with Crippen molar-refractivity contribution in [3.63, 3.8) is 0 Å². The monoisotopic (exact) mass is 356 g/mol. The molecule has 21 heavy (non-hydrogen) atoms. The van der Waals surface area contributed by atoms with Crippen LogP contribution in [0.5, 0.6) is 0 Å². The Hall–Kier alpha value is -0.886. The maximum absolute atomic E-state index is 4.94. The van der Waals surface area contributed by atoms with Crippen molar-refractivity contribution in [3.05, 3.63) is 91.0 Å². The SMILES string of the molecule is C1CCOC1.[Y].c1cc[cH-]c1.c1cc[cH-]c1.c1cc[cH-]c1. The third-order valence-electron chi connectivity index (χ3n) is 2.49. The third kappa shape index (κ3) is 15.3. The predicted molar refractivity (Wildman–Crippen MR) is 86.2 cm³/mol. The van der Waals surface area contributed by atoms with Gasteiger partial charge in [0, 0.05) is 45.9 Å². The summed E-state index contributed by atoms with van der Waals surface area (Å²) in [6.45, 7) is 2.00. The number of hydrogen-bond acceptors (Lipinski definition) is 1. The topological polar surface area (TPSA) is 9.23 Å². The van der Waals surface area contributed by atoms with Crippen molar-refractivity contribution >= 4 is 0 Å². The molecule has 0 N–H and O–H groups in total. The van der Waals surface area contributed by atoms with Crippen molar-refractivity contribution in [2.24, 2.45) is 0 Å². The Morgan fingerprint density at radius 3 is 0.905 bits per heavy atom. The van der Waals surface area contributed by atoms with Gasteiger partial charge in [0.05, 0.1) is 0 Å². The van der Waals surface area contributed by atoms with Crippen LogP contribution in [0, 0.1) is 0 Å². The minimum atomic E-state index is 0. The van der Waals surface area contributed by atoms with Crippen LogP contribution in [-0.2, 0) is 37.4 Å². The molecule has 1 nitrogen and oxygen atoms in total. The van der Waals surface area contributed by atoms with E-state index in [1.807, 2.05) is 91.0 Å². The molecule has 0 atom stereocenters. The standard InChI is InChI=1S/3C5H5.C4H8O.Y/c4*1-2-4-5-3-1;/h3*1-5H;1-4H2;/q3*-1;;. The fourth-order valence-corrected chi connectivity index (χ4v) is 1.47. The van der Waals surface area contributed by atoms with Crippen molar-refractivity contribution < 1.29 is 37.4 Å². The van der Waals surface area contributed by atoms with Crippen LogP contribution in [0.2, 0.25) is 0 Å². The zero-order valence-electron chi connectivity index (χ0n) is 12.5. The molecule has 0 bridgehead atoms. The van der Waals surface area contributed by atoms with Gasteiger partial charge in [0.2, 0.25) is 0 Å². The molecule has 0 saturated carbocycles. The summed E-state index contributed by atoms with van der Waals surface area (Å²) in [5.74, 6) is 0. The summed E-state index contributed by atoms with van der Waals surface area (Å²) in [7, 11) is 0. The number of ether oxygens (including phenoxy) is 1. The fraction of sp³-hybridized carbons (Fsp3) is 0.211. The van der Waals surface area contributed by atoms with Crippen LogP contribution in [0.25, 0.3) is 0 Å². The Balaban J connectivity index is 0.000000250. The van der Waals surface area contributed by atoms with Crippen molar-refractivity contribution in [2.45, 2.75) is 12.8 Å². The molecule has 111 valence electrons. The van der Waals surface area contributed by atoms with Gasteiger partial charge in [0.15, 0.2) is 0 Å². The van der Waals surface area contributed by atoms with E-state index in [9.17, 15) is 0 Å². The Morgan fingerprint density at radius 2 is 0.810 bits per heavy atom. The molecule has 0 amide bonds. The van der Waals surface area contributed by atoms with Gasteiger partial charge >= 0.3 is 0 Å². The first-order valence-electron chi connectivity index (χ1n) is 7.08. The molecule has 1 aliphatic rings. The van der Waals surface area contributed by atoms with Crippen LogP contribution < -0.4 is 0 Å². The van der Waals surface area contributed by atoms with E-state index in [4.69, 9.17) is 4.74 Å². The quantitative estimate of drug-likeness (QED) is 0.515. The van der Waals surface area contributed by atoms with Crippen molar-refractivity contribution in [1.82, 2.24) is 0 Å². The van der Waals surface area contributed by atoms with Crippen LogP contribution in [-0.4, -0.2) is 13.2 Å². The largest absolute Gasteiger partial charge is 0.381 e. The van der Waals surface area contributed by atoms with Crippen LogP contribution >= 0.6 is 0 Å². The van der Waals surface area contributed by atoms with E-state index in [-0.39, 0.29) is 32.7 Å². The van der Waals surface area contributed by atoms with Crippen LogP contribution in [0.3, 0.4) is 0 Å². The van der Waals surface area contributed by atoms with E-state index in [1.165, 1.54) is 12.8 Å². The average Bonchev–Trinajstić information content (AvgIpc) is 3.40. The normalized spacial score (nSPS) is 11.4. The Morgan fingerprint density at radius 1 is 0.524 bits per heavy atom. The van der Waals surface area contributed by atoms with Crippen molar-refractivity contribution in [2.75, 3.05) is 13.2 Å². The summed E-state index contributed by atoms with van der Waals surface area (Å²) in [5, 5.41) is 0. The molecule has 1 radical (unpaired) electrons. The summed E-state index contributed by atoms with van der Waals surface area (Å²) in [5.41, 5.74) is 0. The third-order valence-corrected chi connectivity index (χ3v) is 2.49. The van der Waals surface area contributed by atoms with Crippen LogP contribution in [0.1, 0.15) is 12.8 Å². The first-order valence-corrected chi connectivity index (χ1v) is 7.08. The van der Waals surface area contributed by atoms with Crippen molar-refractivity contribution in [1.29, 1.82) is 0 Å². The molecule has 3 aromatic rings. The molecular formula is C19H23OY-3. The molecule has 0 unspecified atom stereocenters. The Bertz CT molecular complexity index is 300. The number of hydrogen-bond donors (Lipinski definition) is 0. The fourth-order valence-electron chi connectivity index (χ4n) is 1.47. The van der Waals surface area contributed by atoms with Gasteiger partial charge < -0.3 is 4.74 Å². The van der Waals surface area contributed by atoms with Crippen LogP contribution in [0.4, 0.5) is 0 Å². The van der Waals surface area contributed by atoms with Gasteiger partial charge in [-0.3, -0.25) is 0 Å². The van der Waals surface area contributed by atoms with E-state index in [0.717, 1.165) is 13.2 Å². The van der Waals surface area contributed by atoms with E-state index < -0.39 is 0 Å². The van der Waals surface area contributed by atoms with Gasteiger partial charge in [0.25, 0.3) is 0 Å². The smallest absolute Gasteiger partial charge is 0.0466 e. The molecule has 4 rings (SSSR count). The molecule has 0 aromatic heterocycles. The first kappa shape index (κ1) is 20.1. The molecule has 1 fully saturated rings. The van der Waals surface area contributed by atoms with E-state index >= 15 is 0 Å². The molecule has 1 heterocycles. The summed E-state index contributed by atoms with van der Waals surface area (Å²) in [6, 6.07) is 30.0. The summed E-state index contributed by atoms with van der Waals surface area (Å²) >= 11 is 0. The predicted octanol–water partition coefficient (Wildman–Crippen LogP) is 5.01. The van der Waals surface area contributed by atoms with E-state index in [0.29, 0.717) is 0 Å². The van der Waals surface area contributed by atoms with E-state index in [1.54, 1.807) is 0 Å². The molecule has 1 saturated heterocycles. The Labute approximate surface area is 153 Å². The summed E-state index contributed by atoms with van der Waals surface area (Å²) in [4.78, 5) is 0. The maximum atomic E-state index is 4.94. The van der Waals surface area contributed by atoms with Gasteiger partial charge in [0.1, 0.15) is 0 Å². The second-order valence-corrected chi connectivity index (χ2v) is 4.21. The van der Waals surface area contributed by atoms with Gasteiger partial charge in [-0.2, -0.15) is 54.6 Å². The van der Waals surface area contributed by atoms with Gasteiger partial charge in [-0.15, -0.1) is 0 Å². The molecular weight excluding hydrogens is 333 g/mol. The molecule has 1 aliphatic heterocycles. The van der Waals surface area contributed by atoms with Crippen LogP contribution in [0.15, 0.2) is 91.0 Å². The second kappa shape index (κ2) is 17.2. The molecule has 0 spiro atoms. The summed E-state index contributed by atoms with van der Waals surface area (Å²) in [6.07, 6.45) is 2.56. The zero-order valence-corrected chi connectivity index (χ0v) is 15.3. The second-order valence-electron chi connectivity index (χ2n) is 4.21. The number of rotatable bonds is 0. The van der Waals surface area contributed by atoms with Gasteiger partial charge in [-0.25, -0.2) is 36.4 Å². The average molecular weight is 356 g/mol. The minimum Gasteiger partial charge on any atom is -0.381 e. The van der Waals surface area contributed by atoms with Crippen molar-refractivity contribution in [3.8, 4) is 0 Å². The zero-order chi connectivity index (χ0) is 14.1. The van der Waals surface area contributed by atoms with E-state index in [2.05, 4.69) is 0 Å². The Kier molecular flexibility index (Phi) is 16.4. The van der Waals surface area contributed by atoms with Gasteiger partial charge in [-0.05, 0) is 12.8 Å². The minimum absolute atomic E-state index is 0. The summed E-state index contributed by atoms with van der Waals surface area (Å²) < 4.78 is 4.94. The molecule has 2 heteroatoms. The molecule has 3 aromatic carbocycles. The van der Waals surface area contributed by atoms with Gasteiger partial charge in [-0.1, -0.05) is 0 Å². The molecule has 0 aliphatic carbocycles. The maximum Gasteiger partial charge on any atom is 0.0466 e.